The largest absolute Gasteiger partial charge is 0.377 e. The lowest BCUT2D eigenvalue weighted by molar-refractivity contribution is 0.596. The molecule has 0 fully saturated rings. The van der Waals surface area contributed by atoms with E-state index in [9.17, 15) is 12.8 Å². The van der Waals surface area contributed by atoms with Gasteiger partial charge in [-0.3, -0.25) is 4.72 Å². The summed E-state index contributed by atoms with van der Waals surface area (Å²) in [6.07, 6.45) is 0. The predicted molar refractivity (Wildman–Crippen MR) is 103 cm³/mol. The molecular weight excluding hydrogens is 351 g/mol. The highest BCUT2D eigenvalue weighted by molar-refractivity contribution is 7.92. The van der Waals surface area contributed by atoms with Crippen molar-refractivity contribution in [2.24, 2.45) is 0 Å². The average molecular weight is 370 g/mol. The average Bonchev–Trinajstić information content (AvgIpc) is 2.63. The molecule has 3 rings (SSSR count). The van der Waals surface area contributed by atoms with E-state index in [1.54, 1.807) is 36.4 Å². The summed E-state index contributed by atoms with van der Waals surface area (Å²) in [5.41, 5.74) is 1.98. The van der Waals surface area contributed by atoms with E-state index in [0.717, 1.165) is 5.69 Å². The molecule has 0 heterocycles. The Balaban J connectivity index is 1.84. The van der Waals surface area contributed by atoms with E-state index in [2.05, 4.69) is 10.0 Å². The van der Waals surface area contributed by atoms with Gasteiger partial charge in [0.1, 0.15) is 5.82 Å². The molecule has 0 aliphatic rings. The number of sulfonamides is 1. The van der Waals surface area contributed by atoms with Gasteiger partial charge in [0.2, 0.25) is 10.0 Å². The molecule has 6 heteroatoms. The lowest BCUT2D eigenvalue weighted by Gasteiger charge is -2.21. The van der Waals surface area contributed by atoms with Crippen LogP contribution in [0, 0.1) is 5.82 Å². The van der Waals surface area contributed by atoms with Crippen LogP contribution < -0.4 is 10.0 Å². The van der Waals surface area contributed by atoms with Gasteiger partial charge in [0.25, 0.3) is 0 Å². The Hall–Kier alpha value is -2.86. The van der Waals surface area contributed by atoms with Crippen molar-refractivity contribution in [1.82, 2.24) is 0 Å². The number of rotatable bonds is 7. The summed E-state index contributed by atoms with van der Waals surface area (Å²) in [5, 5.41) is 3.22. The van der Waals surface area contributed by atoms with Gasteiger partial charge in [0.15, 0.2) is 0 Å². The third kappa shape index (κ3) is 5.07. The lowest BCUT2D eigenvalue weighted by atomic mass is 10.1. The van der Waals surface area contributed by atoms with Crippen molar-refractivity contribution in [1.29, 1.82) is 0 Å². The molecule has 1 atom stereocenters. The SMILES string of the molecule is O=S(=O)(C[C@H](Nc1ccccc1)c1ccc(F)cc1)Nc1ccccc1. The minimum atomic E-state index is -3.62. The molecule has 134 valence electrons. The van der Waals surface area contributed by atoms with Crippen LogP contribution in [0.15, 0.2) is 84.9 Å². The van der Waals surface area contributed by atoms with Crippen molar-refractivity contribution in [3.8, 4) is 0 Å². The molecule has 0 bridgehead atoms. The summed E-state index contributed by atoms with van der Waals surface area (Å²) in [6.45, 7) is 0. The molecule has 0 unspecified atom stereocenters. The second-order valence-corrected chi connectivity index (χ2v) is 7.63. The third-order valence-corrected chi connectivity index (χ3v) is 5.14. The first-order valence-corrected chi connectivity index (χ1v) is 9.80. The molecule has 3 aromatic rings. The molecular formula is C20H19FN2O2S. The van der Waals surface area contributed by atoms with Gasteiger partial charge in [0.05, 0.1) is 11.8 Å². The van der Waals surface area contributed by atoms with Crippen molar-refractivity contribution >= 4 is 21.4 Å². The fourth-order valence-electron chi connectivity index (χ4n) is 2.60. The zero-order valence-corrected chi connectivity index (χ0v) is 14.8. The predicted octanol–water partition coefficient (Wildman–Crippen LogP) is 4.42. The zero-order valence-electron chi connectivity index (χ0n) is 14.0. The van der Waals surface area contributed by atoms with E-state index in [1.807, 2.05) is 36.4 Å². The monoisotopic (exact) mass is 370 g/mol. The van der Waals surface area contributed by atoms with Crippen LogP contribution in [0.5, 0.6) is 0 Å². The molecule has 3 aromatic carbocycles. The molecule has 0 spiro atoms. The number of anilines is 2. The number of hydrogen-bond donors (Lipinski definition) is 2. The topological polar surface area (TPSA) is 58.2 Å². The lowest BCUT2D eigenvalue weighted by Crippen LogP contribution is -2.26. The van der Waals surface area contributed by atoms with Crippen LogP contribution in [0.2, 0.25) is 0 Å². The number of benzene rings is 3. The number of para-hydroxylation sites is 2. The van der Waals surface area contributed by atoms with Gasteiger partial charge in [-0.2, -0.15) is 0 Å². The summed E-state index contributed by atoms with van der Waals surface area (Å²) >= 11 is 0. The molecule has 0 aromatic heterocycles. The maximum absolute atomic E-state index is 13.3. The highest BCUT2D eigenvalue weighted by Gasteiger charge is 2.21. The number of hydrogen-bond acceptors (Lipinski definition) is 3. The molecule has 2 N–H and O–H groups in total. The van der Waals surface area contributed by atoms with Crippen molar-refractivity contribution in [3.63, 3.8) is 0 Å². The van der Waals surface area contributed by atoms with Crippen molar-refractivity contribution in [2.75, 3.05) is 15.8 Å². The summed E-state index contributed by atoms with van der Waals surface area (Å²) in [5.74, 6) is -0.555. The van der Waals surface area contributed by atoms with Gasteiger partial charge < -0.3 is 5.32 Å². The Bertz CT molecular complexity index is 931. The Morgan fingerprint density at radius 3 is 1.88 bits per heavy atom. The fourth-order valence-corrected chi connectivity index (χ4v) is 3.89. The maximum Gasteiger partial charge on any atom is 0.235 e. The third-order valence-electron chi connectivity index (χ3n) is 3.82. The van der Waals surface area contributed by atoms with Gasteiger partial charge in [-0.25, -0.2) is 12.8 Å². The molecule has 0 saturated carbocycles. The van der Waals surface area contributed by atoms with Gasteiger partial charge in [-0.05, 0) is 42.0 Å². The van der Waals surface area contributed by atoms with Gasteiger partial charge >= 0.3 is 0 Å². The molecule has 0 saturated heterocycles. The van der Waals surface area contributed by atoms with Crippen molar-refractivity contribution < 1.29 is 12.8 Å². The quantitative estimate of drug-likeness (QED) is 0.647. The second kappa shape index (κ2) is 8.01. The minimum Gasteiger partial charge on any atom is -0.377 e. The van der Waals surface area contributed by atoms with E-state index in [4.69, 9.17) is 0 Å². The first-order valence-electron chi connectivity index (χ1n) is 8.14. The van der Waals surface area contributed by atoms with Crippen molar-refractivity contribution in [2.45, 2.75) is 6.04 Å². The highest BCUT2D eigenvalue weighted by atomic mass is 32.2. The first-order chi connectivity index (χ1) is 12.5. The van der Waals surface area contributed by atoms with E-state index in [1.165, 1.54) is 12.1 Å². The van der Waals surface area contributed by atoms with Gasteiger partial charge in [-0.1, -0.05) is 48.5 Å². The van der Waals surface area contributed by atoms with Crippen LogP contribution in [0.1, 0.15) is 11.6 Å². The maximum atomic E-state index is 13.3. The van der Waals surface area contributed by atoms with E-state index in [0.29, 0.717) is 11.3 Å². The smallest absolute Gasteiger partial charge is 0.235 e. The fraction of sp³-hybridized carbons (Fsp3) is 0.100. The molecule has 0 amide bonds. The van der Waals surface area contributed by atoms with Crippen LogP contribution in [0.25, 0.3) is 0 Å². The summed E-state index contributed by atoms with van der Waals surface area (Å²) in [6, 6.07) is 23.3. The minimum absolute atomic E-state index is 0.192. The summed E-state index contributed by atoms with van der Waals surface area (Å²) in [4.78, 5) is 0. The van der Waals surface area contributed by atoms with Gasteiger partial charge in [0, 0.05) is 11.4 Å². The molecule has 0 radical (unpaired) electrons. The Morgan fingerprint density at radius 1 is 0.769 bits per heavy atom. The van der Waals surface area contributed by atoms with Crippen LogP contribution in [-0.2, 0) is 10.0 Å². The van der Waals surface area contributed by atoms with E-state index >= 15 is 0 Å². The zero-order chi connectivity index (χ0) is 18.4. The Kier molecular flexibility index (Phi) is 5.53. The summed E-state index contributed by atoms with van der Waals surface area (Å²) < 4.78 is 41.1. The Morgan fingerprint density at radius 2 is 1.31 bits per heavy atom. The number of nitrogens with one attached hydrogen (secondary N) is 2. The molecule has 0 aliphatic heterocycles. The first kappa shape index (κ1) is 17.9. The van der Waals surface area contributed by atoms with Crippen LogP contribution in [-0.4, -0.2) is 14.2 Å². The van der Waals surface area contributed by atoms with Crippen LogP contribution in [0.3, 0.4) is 0 Å². The molecule has 0 aliphatic carbocycles. The summed E-state index contributed by atoms with van der Waals surface area (Å²) in [7, 11) is -3.62. The molecule has 26 heavy (non-hydrogen) atoms. The van der Waals surface area contributed by atoms with Gasteiger partial charge in [-0.15, -0.1) is 0 Å². The van der Waals surface area contributed by atoms with Crippen molar-refractivity contribution in [3.05, 3.63) is 96.3 Å². The number of halogens is 1. The van der Waals surface area contributed by atoms with Crippen LogP contribution >= 0.6 is 0 Å². The molecule has 4 nitrogen and oxygen atoms in total. The van der Waals surface area contributed by atoms with Crippen LogP contribution in [0.4, 0.5) is 15.8 Å². The second-order valence-electron chi connectivity index (χ2n) is 5.86. The normalized spacial score (nSPS) is 12.3. The standard InChI is InChI=1S/C20H19FN2O2S/c21-17-13-11-16(12-14-17)20(22-18-7-3-1-4-8-18)15-26(24,25)23-19-9-5-2-6-10-19/h1-14,20,22-23H,15H2/t20-/m0/s1. The highest BCUT2D eigenvalue weighted by Crippen LogP contribution is 2.22. The Labute approximate surface area is 152 Å². The van der Waals surface area contributed by atoms with E-state index in [-0.39, 0.29) is 11.6 Å². The van der Waals surface area contributed by atoms with E-state index < -0.39 is 16.1 Å².